The van der Waals surface area contributed by atoms with Gasteiger partial charge >= 0.3 is 5.97 Å². The maximum absolute atomic E-state index is 11.7. The van der Waals surface area contributed by atoms with E-state index in [1.807, 2.05) is 39.8 Å². The van der Waals surface area contributed by atoms with Crippen LogP contribution in [0.2, 0.25) is 0 Å². The molecule has 0 aliphatic heterocycles. The summed E-state index contributed by atoms with van der Waals surface area (Å²) >= 11 is 0. The van der Waals surface area contributed by atoms with Crippen molar-refractivity contribution in [2.45, 2.75) is 47.5 Å². The molecule has 1 aromatic carbocycles. The van der Waals surface area contributed by atoms with Gasteiger partial charge in [-0.25, -0.2) is 0 Å². The average molecular weight is 266 g/mol. The minimum Gasteiger partial charge on any atom is -0.493 e. The molecule has 108 valence electrons. The van der Waals surface area contributed by atoms with Crippen molar-refractivity contribution in [3.8, 4) is 11.5 Å². The third kappa shape index (κ3) is 5.33. The quantitative estimate of drug-likeness (QED) is 0.591. The number of rotatable bonds is 5. The number of aryl methyl sites for hydroxylation is 1. The van der Waals surface area contributed by atoms with Gasteiger partial charge in [-0.1, -0.05) is 40.7 Å². The highest BCUT2D eigenvalue weighted by atomic mass is 16.6. The number of methoxy groups -OCH3 is 1. The molecule has 0 heterocycles. The van der Waals surface area contributed by atoms with E-state index in [4.69, 9.17) is 9.47 Å². The molecule has 0 aromatic heterocycles. The Labute approximate surface area is 116 Å². The fourth-order valence-electron chi connectivity index (χ4n) is 1.39. The molecule has 1 unspecified atom stereocenters. The average Bonchev–Trinajstić information content (AvgIpc) is 2.48. The number of carbonyl (C=O) groups is 1. The van der Waals surface area contributed by atoms with Crippen molar-refractivity contribution in [1.29, 1.82) is 0 Å². The lowest BCUT2D eigenvalue weighted by atomic mass is 10.1. The fourth-order valence-corrected chi connectivity index (χ4v) is 1.39. The second-order valence-corrected chi connectivity index (χ2v) is 4.07. The van der Waals surface area contributed by atoms with E-state index in [-0.39, 0.29) is 11.9 Å². The lowest BCUT2D eigenvalue weighted by Gasteiger charge is -2.12. The Morgan fingerprint density at radius 2 is 1.84 bits per heavy atom. The fraction of sp³-hybridized carbons (Fsp3) is 0.562. The van der Waals surface area contributed by atoms with Crippen LogP contribution in [0.3, 0.4) is 0 Å². The summed E-state index contributed by atoms with van der Waals surface area (Å²) in [6, 6.07) is 5.64. The van der Waals surface area contributed by atoms with E-state index in [1.54, 1.807) is 13.2 Å². The van der Waals surface area contributed by atoms with Crippen LogP contribution in [-0.2, 0) is 11.2 Å². The summed E-state index contributed by atoms with van der Waals surface area (Å²) in [6.45, 7) is 9.89. The van der Waals surface area contributed by atoms with E-state index in [9.17, 15) is 4.79 Å². The lowest BCUT2D eigenvalue weighted by molar-refractivity contribution is -0.138. The first-order valence-corrected chi connectivity index (χ1v) is 7.00. The first kappa shape index (κ1) is 17.5. The summed E-state index contributed by atoms with van der Waals surface area (Å²) in [5.74, 6) is 0.802. The second-order valence-electron chi connectivity index (χ2n) is 4.07. The molecule has 0 amide bonds. The normalized spacial score (nSPS) is 11.1. The second kappa shape index (κ2) is 9.42. The first-order chi connectivity index (χ1) is 9.12. The van der Waals surface area contributed by atoms with Gasteiger partial charge < -0.3 is 9.47 Å². The van der Waals surface area contributed by atoms with Gasteiger partial charge in [0, 0.05) is 0 Å². The number of benzene rings is 1. The van der Waals surface area contributed by atoms with Gasteiger partial charge in [0.25, 0.3) is 0 Å². The molecule has 1 aromatic rings. The van der Waals surface area contributed by atoms with Gasteiger partial charge in [-0.15, -0.1) is 0 Å². The zero-order valence-corrected chi connectivity index (χ0v) is 12.9. The van der Waals surface area contributed by atoms with Crippen LogP contribution in [-0.4, -0.2) is 13.1 Å². The van der Waals surface area contributed by atoms with Gasteiger partial charge in [-0.05, 0) is 30.5 Å². The molecule has 0 fully saturated rings. The van der Waals surface area contributed by atoms with Crippen LogP contribution in [0.1, 0.15) is 46.6 Å². The van der Waals surface area contributed by atoms with E-state index in [2.05, 4.69) is 6.92 Å². The van der Waals surface area contributed by atoms with Gasteiger partial charge in [0.15, 0.2) is 11.5 Å². The van der Waals surface area contributed by atoms with Crippen LogP contribution in [0.25, 0.3) is 0 Å². The smallest absolute Gasteiger partial charge is 0.314 e. The van der Waals surface area contributed by atoms with E-state index >= 15 is 0 Å². The molecule has 1 atom stereocenters. The van der Waals surface area contributed by atoms with Crippen LogP contribution in [0.4, 0.5) is 0 Å². The molecule has 0 saturated carbocycles. The summed E-state index contributed by atoms with van der Waals surface area (Å²) in [5.41, 5.74) is 1.16. The summed E-state index contributed by atoms with van der Waals surface area (Å²) in [5, 5.41) is 0. The van der Waals surface area contributed by atoms with Gasteiger partial charge in [0.2, 0.25) is 0 Å². The Bertz CT molecular complexity index is 386. The minimum atomic E-state index is -0.213. The van der Waals surface area contributed by atoms with E-state index in [0.717, 1.165) is 18.4 Å². The molecule has 3 nitrogen and oxygen atoms in total. The molecule has 0 N–H and O–H groups in total. The molecule has 0 radical (unpaired) electrons. The predicted octanol–water partition coefficient (Wildman–Crippen LogP) is 4.24. The van der Waals surface area contributed by atoms with Crippen LogP contribution in [0.15, 0.2) is 18.2 Å². The highest BCUT2D eigenvalue weighted by Gasteiger charge is 2.15. The Hall–Kier alpha value is -1.51. The molecule has 0 aliphatic carbocycles. The van der Waals surface area contributed by atoms with Gasteiger partial charge in [-0.3, -0.25) is 4.79 Å². The zero-order chi connectivity index (χ0) is 14.8. The van der Waals surface area contributed by atoms with Crippen molar-refractivity contribution in [3.05, 3.63) is 23.8 Å². The van der Waals surface area contributed by atoms with Crippen molar-refractivity contribution in [2.24, 2.45) is 5.92 Å². The Kier molecular flexibility index (Phi) is 8.68. The monoisotopic (exact) mass is 266 g/mol. The van der Waals surface area contributed by atoms with Crippen molar-refractivity contribution in [3.63, 3.8) is 0 Å². The first-order valence-electron chi connectivity index (χ1n) is 7.00. The molecular weight excluding hydrogens is 240 g/mol. The largest absolute Gasteiger partial charge is 0.493 e. The maximum atomic E-state index is 11.7. The number of esters is 1. The summed E-state index contributed by atoms with van der Waals surface area (Å²) in [6.07, 6.45) is 1.70. The van der Waals surface area contributed by atoms with Crippen molar-refractivity contribution in [1.82, 2.24) is 0 Å². The van der Waals surface area contributed by atoms with Crippen LogP contribution >= 0.6 is 0 Å². The SMILES string of the molecule is CC.CCc1ccc(OC(=O)C(C)CC)c(OC)c1. The highest BCUT2D eigenvalue weighted by molar-refractivity contribution is 5.75. The van der Waals surface area contributed by atoms with Crippen molar-refractivity contribution >= 4 is 5.97 Å². The van der Waals surface area contributed by atoms with Crippen molar-refractivity contribution in [2.75, 3.05) is 7.11 Å². The Balaban J connectivity index is 0.00000154. The Morgan fingerprint density at radius 1 is 1.21 bits per heavy atom. The predicted molar refractivity (Wildman–Crippen MR) is 78.8 cm³/mol. The van der Waals surface area contributed by atoms with Crippen LogP contribution < -0.4 is 9.47 Å². The topological polar surface area (TPSA) is 35.5 Å². The standard InChI is InChI=1S/C14H20O3.C2H6/c1-5-10(3)14(15)17-12-8-7-11(6-2)9-13(12)16-4;1-2/h7-10H,5-6H2,1-4H3;1-2H3. The lowest BCUT2D eigenvalue weighted by Crippen LogP contribution is -2.17. The summed E-state index contributed by atoms with van der Waals surface area (Å²) in [4.78, 5) is 11.7. The molecule has 0 spiro atoms. The van der Waals surface area contributed by atoms with Crippen LogP contribution in [0.5, 0.6) is 11.5 Å². The van der Waals surface area contributed by atoms with Gasteiger partial charge in [-0.2, -0.15) is 0 Å². The van der Waals surface area contributed by atoms with E-state index in [0.29, 0.717) is 11.5 Å². The summed E-state index contributed by atoms with van der Waals surface area (Å²) in [7, 11) is 1.58. The third-order valence-electron chi connectivity index (χ3n) is 2.86. The van der Waals surface area contributed by atoms with Crippen molar-refractivity contribution < 1.29 is 14.3 Å². The Morgan fingerprint density at radius 3 is 2.32 bits per heavy atom. The molecule has 19 heavy (non-hydrogen) atoms. The number of carbonyl (C=O) groups excluding carboxylic acids is 1. The summed E-state index contributed by atoms with van der Waals surface area (Å²) < 4.78 is 10.5. The van der Waals surface area contributed by atoms with Gasteiger partial charge in [0.1, 0.15) is 0 Å². The molecule has 1 rings (SSSR count). The third-order valence-corrected chi connectivity index (χ3v) is 2.86. The highest BCUT2D eigenvalue weighted by Crippen LogP contribution is 2.29. The van der Waals surface area contributed by atoms with Crippen LogP contribution in [0, 0.1) is 5.92 Å². The number of ether oxygens (including phenoxy) is 2. The molecular formula is C16H26O3. The molecule has 0 saturated heterocycles. The number of hydrogen-bond acceptors (Lipinski definition) is 3. The maximum Gasteiger partial charge on any atom is 0.314 e. The molecule has 0 bridgehead atoms. The van der Waals surface area contributed by atoms with Gasteiger partial charge in [0.05, 0.1) is 13.0 Å². The number of hydrogen-bond donors (Lipinski definition) is 0. The van der Waals surface area contributed by atoms with E-state index in [1.165, 1.54) is 0 Å². The molecule has 0 aliphatic rings. The molecule has 3 heteroatoms. The minimum absolute atomic E-state index is 0.0921. The van der Waals surface area contributed by atoms with E-state index < -0.39 is 0 Å². The zero-order valence-electron chi connectivity index (χ0n) is 12.9.